The molecule has 1 aromatic carbocycles. The first-order valence-corrected chi connectivity index (χ1v) is 6.03. The van der Waals surface area contributed by atoms with Crippen molar-refractivity contribution in [3.8, 4) is 5.75 Å². The molecule has 1 N–H and O–H groups in total. The highest BCUT2D eigenvalue weighted by atomic mass is 16.5. The highest BCUT2D eigenvalue weighted by molar-refractivity contribution is 5.83. The lowest BCUT2D eigenvalue weighted by Gasteiger charge is -2.07. The van der Waals surface area contributed by atoms with Crippen molar-refractivity contribution in [1.82, 2.24) is 4.57 Å². The zero-order chi connectivity index (χ0) is 13.1. The fourth-order valence-corrected chi connectivity index (χ4v) is 2.23. The Balaban J connectivity index is 2.44. The van der Waals surface area contributed by atoms with E-state index in [4.69, 9.17) is 9.84 Å². The van der Waals surface area contributed by atoms with E-state index in [1.165, 1.54) is 0 Å². The van der Waals surface area contributed by atoms with Crippen LogP contribution in [0.3, 0.4) is 0 Å². The second-order valence-corrected chi connectivity index (χ2v) is 4.20. The summed E-state index contributed by atoms with van der Waals surface area (Å²) in [5, 5.41) is 9.89. The molecule has 0 saturated carbocycles. The van der Waals surface area contributed by atoms with Crippen molar-refractivity contribution >= 4 is 16.9 Å². The molecule has 4 heteroatoms. The van der Waals surface area contributed by atoms with Crippen LogP contribution < -0.4 is 4.74 Å². The number of carboxylic acid groups (broad SMARTS) is 1. The standard InChI is InChI=1S/C14H17NO3/c1-3-15-11(5-7-14(16)17)8-10-4-6-12(18-2)9-13(10)15/h4,6,8-9H,3,5,7H2,1-2H3,(H,16,17). The number of carbonyl (C=O) groups is 1. The molecule has 0 fully saturated rings. The second-order valence-electron chi connectivity index (χ2n) is 4.20. The van der Waals surface area contributed by atoms with Gasteiger partial charge in [0.1, 0.15) is 5.75 Å². The van der Waals surface area contributed by atoms with E-state index in [-0.39, 0.29) is 6.42 Å². The monoisotopic (exact) mass is 247 g/mol. The summed E-state index contributed by atoms with van der Waals surface area (Å²) in [4.78, 5) is 10.7. The molecule has 0 amide bonds. The number of hydrogen-bond donors (Lipinski definition) is 1. The van der Waals surface area contributed by atoms with Gasteiger partial charge in [-0.3, -0.25) is 4.79 Å². The summed E-state index contributed by atoms with van der Waals surface area (Å²) in [7, 11) is 1.64. The lowest BCUT2D eigenvalue weighted by molar-refractivity contribution is -0.136. The van der Waals surface area contributed by atoms with Gasteiger partial charge in [-0.1, -0.05) is 0 Å². The molecule has 2 aromatic rings. The number of carboxylic acids is 1. The molecule has 2 rings (SSSR count). The molecular formula is C14H17NO3. The van der Waals surface area contributed by atoms with Gasteiger partial charge < -0.3 is 14.4 Å². The maximum atomic E-state index is 10.7. The molecule has 4 nitrogen and oxygen atoms in total. The summed E-state index contributed by atoms with van der Waals surface area (Å²) >= 11 is 0. The van der Waals surface area contributed by atoms with E-state index in [1.807, 2.05) is 18.2 Å². The van der Waals surface area contributed by atoms with Gasteiger partial charge in [-0.05, 0) is 31.5 Å². The van der Waals surface area contributed by atoms with E-state index in [9.17, 15) is 4.79 Å². The van der Waals surface area contributed by atoms with Gasteiger partial charge in [-0.15, -0.1) is 0 Å². The highest BCUT2D eigenvalue weighted by Crippen LogP contribution is 2.25. The van der Waals surface area contributed by atoms with Gasteiger partial charge in [0.15, 0.2) is 0 Å². The van der Waals surface area contributed by atoms with E-state index >= 15 is 0 Å². The average Bonchev–Trinajstić information content (AvgIpc) is 2.72. The molecule has 0 unspecified atom stereocenters. The first-order chi connectivity index (χ1) is 8.65. The van der Waals surface area contributed by atoms with Crippen molar-refractivity contribution in [3.63, 3.8) is 0 Å². The van der Waals surface area contributed by atoms with Crippen LogP contribution in [0.2, 0.25) is 0 Å². The Morgan fingerprint density at radius 2 is 2.17 bits per heavy atom. The first-order valence-electron chi connectivity index (χ1n) is 6.03. The number of rotatable bonds is 5. The summed E-state index contributed by atoms with van der Waals surface area (Å²) in [6.07, 6.45) is 0.716. The van der Waals surface area contributed by atoms with Crippen molar-refractivity contribution < 1.29 is 14.6 Å². The number of aromatic nitrogens is 1. The number of ether oxygens (including phenoxy) is 1. The molecule has 0 saturated heterocycles. The second kappa shape index (κ2) is 5.12. The minimum atomic E-state index is -0.763. The Bertz CT molecular complexity index is 572. The Kier molecular flexibility index (Phi) is 3.55. The first kappa shape index (κ1) is 12.5. The third-order valence-corrected chi connectivity index (χ3v) is 3.11. The fourth-order valence-electron chi connectivity index (χ4n) is 2.23. The third kappa shape index (κ3) is 2.32. The molecule has 0 spiro atoms. The third-order valence-electron chi connectivity index (χ3n) is 3.11. The van der Waals surface area contributed by atoms with Gasteiger partial charge in [-0.25, -0.2) is 0 Å². The lowest BCUT2D eigenvalue weighted by Crippen LogP contribution is -2.04. The van der Waals surface area contributed by atoms with Gasteiger partial charge in [0.2, 0.25) is 0 Å². The van der Waals surface area contributed by atoms with E-state index < -0.39 is 5.97 Å². The van der Waals surface area contributed by atoms with Gasteiger partial charge in [-0.2, -0.15) is 0 Å². The van der Waals surface area contributed by atoms with E-state index in [2.05, 4.69) is 17.6 Å². The Morgan fingerprint density at radius 1 is 1.39 bits per heavy atom. The maximum Gasteiger partial charge on any atom is 0.303 e. The summed E-state index contributed by atoms with van der Waals surface area (Å²) in [5.74, 6) is 0.0561. The van der Waals surface area contributed by atoms with Crippen molar-refractivity contribution in [2.75, 3.05) is 7.11 Å². The molecule has 18 heavy (non-hydrogen) atoms. The molecule has 0 bridgehead atoms. The minimum Gasteiger partial charge on any atom is -0.497 e. The van der Waals surface area contributed by atoms with E-state index in [0.29, 0.717) is 6.42 Å². The number of nitrogens with zero attached hydrogens (tertiary/aromatic N) is 1. The van der Waals surface area contributed by atoms with Crippen LogP contribution in [0.15, 0.2) is 24.3 Å². The molecule has 1 heterocycles. The number of fused-ring (bicyclic) bond motifs is 1. The molecular weight excluding hydrogens is 230 g/mol. The van der Waals surface area contributed by atoms with Crippen LogP contribution in [0.5, 0.6) is 5.75 Å². The molecule has 0 radical (unpaired) electrons. The number of hydrogen-bond acceptors (Lipinski definition) is 2. The number of aryl methyl sites for hydroxylation is 2. The summed E-state index contributed by atoms with van der Waals surface area (Å²) in [6.45, 7) is 2.88. The van der Waals surface area contributed by atoms with Crippen LogP contribution >= 0.6 is 0 Å². The molecule has 0 aliphatic carbocycles. The lowest BCUT2D eigenvalue weighted by atomic mass is 10.2. The van der Waals surface area contributed by atoms with Crippen LogP contribution in [0.1, 0.15) is 19.0 Å². The zero-order valence-corrected chi connectivity index (χ0v) is 10.6. The molecule has 0 aliphatic rings. The predicted octanol–water partition coefficient (Wildman–Crippen LogP) is 2.69. The topological polar surface area (TPSA) is 51.5 Å². The van der Waals surface area contributed by atoms with Crippen LogP contribution in [-0.4, -0.2) is 22.8 Å². The summed E-state index contributed by atoms with van der Waals surface area (Å²) < 4.78 is 7.36. The fraction of sp³-hybridized carbons (Fsp3) is 0.357. The van der Waals surface area contributed by atoms with Gasteiger partial charge in [0, 0.05) is 23.7 Å². The van der Waals surface area contributed by atoms with E-state index in [1.54, 1.807) is 7.11 Å². The largest absolute Gasteiger partial charge is 0.497 e. The summed E-state index contributed by atoms with van der Waals surface area (Å²) in [5.41, 5.74) is 2.15. The van der Waals surface area contributed by atoms with E-state index in [0.717, 1.165) is 28.9 Å². The Morgan fingerprint density at radius 3 is 2.78 bits per heavy atom. The van der Waals surface area contributed by atoms with Crippen molar-refractivity contribution in [3.05, 3.63) is 30.0 Å². The van der Waals surface area contributed by atoms with Gasteiger partial charge >= 0.3 is 5.97 Å². The SMILES string of the molecule is CCn1c(CCC(=O)O)cc2ccc(OC)cc21. The minimum absolute atomic E-state index is 0.160. The van der Waals surface area contributed by atoms with Crippen LogP contribution in [0, 0.1) is 0 Å². The van der Waals surface area contributed by atoms with Crippen molar-refractivity contribution in [2.24, 2.45) is 0 Å². The molecule has 96 valence electrons. The average molecular weight is 247 g/mol. The van der Waals surface area contributed by atoms with Gasteiger partial charge in [0.25, 0.3) is 0 Å². The Labute approximate surface area is 106 Å². The maximum absolute atomic E-state index is 10.7. The Hall–Kier alpha value is -1.97. The van der Waals surface area contributed by atoms with Crippen molar-refractivity contribution in [1.29, 1.82) is 0 Å². The van der Waals surface area contributed by atoms with Gasteiger partial charge in [0.05, 0.1) is 19.0 Å². The summed E-state index contributed by atoms with van der Waals surface area (Å²) in [6, 6.07) is 7.97. The quantitative estimate of drug-likeness (QED) is 0.883. The zero-order valence-electron chi connectivity index (χ0n) is 10.6. The normalized spacial score (nSPS) is 10.8. The van der Waals surface area contributed by atoms with Crippen LogP contribution in [0.4, 0.5) is 0 Å². The highest BCUT2D eigenvalue weighted by Gasteiger charge is 2.09. The molecule has 1 aromatic heterocycles. The molecule has 0 atom stereocenters. The van der Waals surface area contributed by atoms with Crippen LogP contribution in [0.25, 0.3) is 10.9 Å². The predicted molar refractivity (Wildman–Crippen MR) is 70.1 cm³/mol. The van der Waals surface area contributed by atoms with Crippen molar-refractivity contribution in [2.45, 2.75) is 26.3 Å². The molecule has 0 aliphatic heterocycles. The number of methoxy groups -OCH3 is 1. The van der Waals surface area contributed by atoms with Crippen LogP contribution in [-0.2, 0) is 17.8 Å². The number of benzene rings is 1. The smallest absolute Gasteiger partial charge is 0.303 e. The number of aliphatic carboxylic acids is 1.